The van der Waals surface area contributed by atoms with Gasteiger partial charge in [-0.05, 0) is 57.5 Å². The van der Waals surface area contributed by atoms with Gasteiger partial charge in [0.25, 0.3) is 0 Å². The highest BCUT2D eigenvalue weighted by Gasteiger charge is 2.38. The van der Waals surface area contributed by atoms with Crippen LogP contribution < -0.4 is 4.90 Å². The number of hydrogen-bond donors (Lipinski definition) is 0. The first-order chi connectivity index (χ1) is 12.2. The Kier molecular flexibility index (Phi) is 4.07. The molecule has 0 N–H and O–H groups in total. The highest BCUT2D eigenvalue weighted by Crippen LogP contribution is 2.50. The maximum absolute atomic E-state index is 6.37. The van der Waals surface area contributed by atoms with Gasteiger partial charge in [0.15, 0.2) is 0 Å². The van der Waals surface area contributed by atoms with Gasteiger partial charge in [0.05, 0.1) is 16.1 Å². The van der Waals surface area contributed by atoms with Crippen LogP contribution in [0.3, 0.4) is 0 Å². The van der Waals surface area contributed by atoms with Crippen LogP contribution in [0.4, 0.5) is 5.69 Å². The lowest BCUT2D eigenvalue weighted by atomic mass is 9.87. The topological polar surface area (TPSA) is 8.17 Å². The van der Waals surface area contributed by atoms with Crippen LogP contribution in [0, 0.1) is 18.5 Å². The van der Waals surface area contributed by atoms with Crippen molar-refractivity contribution in [1.82, 2.24) is 3.96 Å². The van der Waals surface area contributed by atoms with E-state index in [0.29, 0.717) is 0 Å². The maximum atomic E-state index is 6.37. The minimum absolute atomic E-state index is 0.129. The van der Waals surface area contributed by atoms with E-state index in [1.165, 1.54) is 27.3 Å². The molecule has 0 fully saturated rings. The summed E-state index contributed by atoms with van der Waals surface area (Å²) in [7, 11) is 2.16. The number of aryl methyl sites for hydroxylation is 2. The van der Waals surface area contributed by atoms with E-state index in [1.54, 1.807) is 11.5 Å². The Hall–Kier alpha value is -1.62. The second kappa shape index (κ2) is 5.95. The van der Waals surface area contributed by atoms with E-state index in [2.05, 4.69) is 60.9 Å². The third-order valence-electron chi connectivity index (χ3n) is 5.37. The molecular weight excluding hydrogens is 380 g/mol. The third kappa shape index (κ3) is 2.47. The van der Waals surface area contributed by atoms with Gasteiger partial charge >= 0.3 is 0 Å². The molecule has 1 aliphatic rings. The lowest BCUT2D eigenvalue weighted by molar-refractivity contribution is 0.521. The Bertz CT molecular complexity index is 1090. The van der Waals surface area contributed by atoms with Crippen molar-refractivity contribution in [2.45, 2.75) is 33.2 Å². The predicted octanol–water partition coefficient (Wildman–Crippen LogP) is 6.89. The van der Waals surface area contributed by atoms with E-state index in [-0.39, 0.29) is 5.54 Å². The number of benzene rings is 2. The van der Waals surface area contributed by atoms with Gasteiger partial charge in [-0.3, -0.25) is 3.96 Å². The summed E-state index contributed by atoms with van der Waals surface area (Å²) in [6.45, 7) is 8.66. The second-order valence-corrected chi connectivity index (χ2v) is 9.22. The van der Waals surface area contributed by atoms with Crippen LogP contribution >= 0.6 is 35.4 Å². The number of rotatable bonds is 1. The van der Waals surface area contributed by atoms with Crippen LogP contribution in [0.2, 0.25) is 5.02 Å². The lowest BCUT2D eigenvalue weighted by Gasteiger charge is -2.42. The van der Waals surface area contributed by atoms with Crippen molar-refractivity contribution in [2.24, 2.45) is 0 Å². The Balaban J connectivity index is 2.04. The standard InChI is InChI=1S/C21H21ClN2S2/c1-12-6-9-17-15(10-12)18-19(21(3,4)23(17)5)26-24(20(18)25)14-8-7-13(2)16(22)11-14/h6-11H,1-5H3. The molecule has 3 aromatic rings. The highest BCUT2D eigenvalue weighted by molar-refractivity contribution is 7.71. The summed E-state index contributed by atoms with van der Waals surface area (Å²) in [4.78, 5) is 3.64. The lowest BCUT2D eigenvalue weighted by Crippen LogP contribution is -2.40. The molecule has 1 aliphatic heterocycles. The molecule has 0 aliphatic carbocycles. The Morgan fingerprint density at radius 2 is 1.81 bits per heavy atom. The minimum atomic E-state index is -0.129. The molecule has 0 radical (unpaired) electrons. The zero-order valence-electron chi connectivity index (χ0n) is 15.6. The van der Waals surface area contributed by atoms with Crippen molar-refractivity contribution in [3.63, 3.8) is 0 Å². The van der Waals surface area contributed by atoms with Crippen LogP contribution in [-0.2, 0) is 5.54 Å². The molecule has 0 saturated heterocycles. The molecule has 0 atom stereocenters. The van der Waals surface area contributed by atoms with E-state index in [0.717, 1.165) is 20.9 Å². The summed E-state index contributed by atoms with van der Waals surface area (Å²) in [6.07, 6.45) is 0. The zero-order valence-corrected chi connectivity index (χ0v) is 17.9. The van der Waals surface area contributed by atoms with E-state index >= 15 is 0 Å². The van der Waals surface area contributed by atoms with Gasteiger partial charge in [-0.25, -0.2) is 0 Å². The quantitative estimate of drug-likeness (QED) is 0.411. The van der Waals surface area contributed by atoms with Gasteiger partial charge in [0.1, 0.15) is 4.64 Å². The third-order valence-corrected chi connectivity index (χ3v) is 7.75. The molecule has 0 bridgehead atoms. The molecule has 0 amide bonds. The Morgan fingerprint density at radius 3 is 2.50 bits per heavy atom. The smallest absolute Gasteiger partial charge is 0.129 e. The fraction of sp³-hybridized carbons (Fsp3) is 0.286. The van der Waals surface area contributed by atoms with Gasteiger partial charge in [0, 0.05) is 28.9 Å². The van der Waals surface area contributed by atoms with E-state index in [1.807, 2.05) is 19.1 Å². The molecule has 5 heteroatoms. The SMILES string of the molecule is Cc1ccc2c(c1)-c1c(sn(-c3ccc(C)c(Cl)c3)c1=S)C(C)(C)N2C. The first-order valence-corrected chi connectivity index (χ1v) is 10.2. The largest absolute Gasteiger partial charge is 0.364 e. The number of hydrogen-bond acceptors (Lipinski definition) is 3. The van der Waals surface area contributed by atoms with Crippen molar-refractivity contribution < 1.29 is 0 Å². The van der Waals surface area contributed by atoms with Crippen LogP contribution in [0.5, 0.6) is 0 Å². The van der Waals surface area contributed by atoms with Crippen LogP contribution in [0.25, 0.3) is 16.8 Å². The van der Waals surface area contributed by atoms with Crippen LogP contribution in [0.15, 0.2) is 36.4 Å². The molecule has 26 heavy (non-hydrogen) atoms. The molecule has 1 aromatic heterocycles. The molecule has 134 valence electrons. The summed E-state index contributed by atoms with van der Waals surface area (Å²) in [5.41, 5.74) is 6.85. The monoisotopic (exact) mass is 400 g/mol. The van der Waals surface area contributed by atoms with Crippen molar-refractivity contribution in [2.75, 3.05) is 11.9 Å². The van der Waals surface area contributed by atoms with Gasteiger partial charge in [-0.15, -0.1) is 0 Å². The van der Waals surface area contributed by atoms with Crippen LogP contribution in [-0.4, -0.2) is 11.0 Å². The fourth-order valence-corrected chi connectivity index (χ4v) is 5.41. The number of fused-ring (bicyclic) bond motifs is 3. The zero-order chi connectivity index (χ0) is 18.8. The first kappa shape index (κ1) is 17.8. The maximum Gasteiger partial charge on any atom is 0.129 e. The van der Waals surface area contributed by atoms with Crippen molar-refractivity contribution in [1.29, 1.82) is 0 Å². The summed E-state index contributed by atoms with van der Waals surface area (Å²) < 4.78 is 3.00. The molecule has 0 spiro atoms. The molecule has 2 heterocycles. The summed E-state index contributed by atoms with van der Waals surface area (Å²) in [5, 5.41) is 0.767. The van der Waals surface area contributed by atoms with Gasteiger partial charge in [0.2, 0.25) is 0 Å². The second-order valence-electron chi connectivity index (χ2n) is 7.47. The average Bonchev–Trinajstić information content (AvgIpc) is 2.94. The number of aromatic nitrogens is 1. The number of halogens is 1. The summed E-state index contributed by atoms with van der Waals surface area (Å²) in [5.74, 6) is 0. The molecule has 2 nitrogen and oxygen atoms in total. The van der Waals surface area contributed by atoms with Crippen molar-refractivity contribution in [3.05, 3.63) is 62.1 Å². The van der Waals surface area contributed by atoms with Gasteiger partial charge in [-0.2, -0.15) is 0 Å². The van der Waals surface area contributed by atoms with Gasteiger partial charge < -0.3 is 4.90 Å². The highest BCUT2D eigenvalue weighted by atomic mass is 35.5. The van der Waals surface area contributed by atoms with Crippen molar-refractivity contribution in [3.8, 4) is 16.8 Å². The van der Waals surface area contributed by atoms with Crippen molar-refractivity contribution >= 4 is 41.0 Å². The van der Waals surface area contributed by atoms with E-state index in [9.17, 15) is 0 Å². The Morgan fingerprint density at radius 1 is 1.08 bits per heavy atom. The molecule has 0 saturated carbocycles. The molecule has 4 rings (SSSR count). The van der Waals surface area contributed by atoms with E-state index in [4.69, 9.17) is 23.8 Å². The molecule has 0 unspecified atom stereocenters. The van der Waals surface area contributed by atoms with Gasteiger partial charge in [-0.1, -0.05) is 53.0 Å². The predicted molar refractivity (Wildman–Crippen MR) is 116 cm³/mol. The minimum Gasteiger partial charge on any atom is -0.364 e. The normalized spacial score (nSPS) is 14.9. The number of anilines is 1. The summed E-state index contributed by atoms with van der Waals surface area (Å²) in [6, 6.07) is 12.8. The summed E-state index contributed by atoms with van der Waals surface area (Å²) >= 11 is 14.0. The fourth-order valence-electron chi connectivity index (χ4n) is 3.51. The molecular formula is C21H21ClN2S2. The first-order valence-electron chi connectivity index (χ1n) is 8.60. The average molecular weight is 401 g/mol. The van der Waals surface area contributed by atoms with Crippen LogP contribution in [0.1, 0.15) is 29.9 Å². The molecule has 2 aromatic carbocycles. The number of nitrogens with zero attached hydrogens (tertiary/aromatic N) is 2. The van der Waals surface area contributed by atoms with E-state index < -0.39 is 0 Å². The Labute approximate surface area is 168 Å².